The predicted octanol–water partition coefficient (Wildman–Crippen LogP) is 1.88. The lowest BCUT2D eigenvalue weighted by Gasteiger charge is -2.21. The summed E-state index contributed by atoms with van der Waals surface area (Å²) in [5.41, 5.74) is 0. The molecule has 1 aliphatic heterocycles. The number of thioether (sulfide) groups is 1. The molecule has 0 saturated carbocycles. The van der Waals surface area contributed by atoms with Crippen molar-refractivity contribution in [3.8, 4) is 12.3 Å². The fourth-order valence-corrected chi connectivity index (χ4v) is 3.04. The van der Waals surface area contributed by atoms with Gasteiger partial charge >= 0.3 is 0 Å². The van der Waals surface area contributed by atoms with Gasteiger partial charge in [0.05, 0.1) is 0 Å². The Morgan fingerprint density at radius 2 is 2.58 bits per heavy atom. The Morgan fingerprint density at radius 3 is 3.08 bits per heavy atom. The fraction of sp³-hybridized carbons (Fsp3) is 0.800. The van der Waals surface area contributed by atoms with Gasteiger partial charge in [-0.05, 0) is 25.1 Å². The highest BCUT2D eigenvalue weighted by molar-refractivity contribution is 8.00. The first-order valence-corrected chi connectivity index (χ1v) is 5.71. The van der Waals surface area contributed by atoms with E-state index in [0.717, 1.165) is 18.2 Å². The highest BCUT2D eigenvalue weighted by atomic mass is 32.2. The van der Waals surface area contributed by atoms with E-state index in [1.165, 1.54) is 18.6 Å². The lowest BCUT2D eigenvalue weighted by molar-refractivity contribution is 0.507. The summed E-state index contributed by atoms with van der Waals surface area (Å²) in [5, 5.41) is 4.23. The Bertz CT molecular complexity index is 156. The van der Waals surface area contributed by atoms with Crippen molar-refractivity contribution in [1.29, 1.82) is 0 Å². The summed E-state index contributed by atoms with van der Waals surface area (Å²) in [5.74, 6) is 4.07. The molecule has 0 radical (unpaired) electrons. The summed E-state index contributed by atoms with van der Waals surface area (Å²) in [6.45, 7) is 3.17. The molecule has 0 aromatic carbocycles. The molecular weight excluding hydrogens is 166 g/mol. The second kappa shape index (κ2) is 5.50. The van der Waals surface area contributed by atoms with E-state index in [0.29, 0.717) is 6.04 Å². The third-order valence-electron chi connectivity index (χ3n) is 2.22. The standard InChI is InChI=1S/C10H17NS/c1-3-6-9(11-4-2)10-7-5-8-12-10/h1,9-11H,4-8H2,2H3. The summed E-state index contributed by atoms with van der Waals surface area (Å²) in [7, 11) is 0. The van der Waals surface area contributed by atoms with Gasteiger partial charge in [-0.25, -0.2) is 0 Å². The molecule has 0 spiro atoms. The van der Waals surface area contributed by atoms with Crippen LogP contribution in [0.3, 0.4) is 0 Å². The molecule has 0 amide bonds. The average Bonchev–Trinajstić information content (AvgIpc) is 2.56. The molecule has 1 heterocycles. The van der Waals surface area contributed by atoms with Crippen molar-refractivity contribution in [3.63, 3.8) is 0 Å². The van der Waals surface area contributed by atoms with Crippen LogP contribution >= 0.6 is 11.8 Å². The SMILES string of the molecule is C#CCC(NCC)C1CCCS1. The van der Waals surface area contributed by atoms with E-state index < -0.39 is 0 Å². The second-order valence-corrected chi connectivity index (χ2v) is 4.47. The maximum atomic E-state index is 5.33. The van der Waals surface area contributed by atoms with E-state index in [-0.39, 0.29) is 0 Å². The first-order valence-electron chi connectivity index (χ1n) is 4.67. The average molecular weight is 183 g/mol. The monoisotopic (exact) mass is 183 g/mol. The smallest absolute Gasteiger partial charge is 0.0295 e. The molecule has 1 saturated heterocycles. The topological polar surface area (TPSA) is 12.0 Å². The van der Waals surface area contributed by atoms with Gasteiger partial charge < -0.3 is 5.32 Å². The molecule has 0 aliphatic carbocycles. The van der Waals surface area contributed by atoms with Crippen LogP contribution in [0.4, 0.5) is 0 Å². The van der Waals surface area contributed by atoms with Crippen LogP contribution in [0.5, 0.6) is 0 Å². The molecule has 0 bridgehead atoms. The Morgan fingerprint density at radius 1 is 1.75 bits per heavy atom. The van der Waals surface area contributed by atoms with Crippen molar-refractivity contribution in [2.45, 2.75) is 37.5 Å². The molecule has 2 unspecified atom stereocenters. The zero-order chi connectivity index (χ0) is 8.81. The molecule has 1 aliphatic rings. The molecule has 1 fully saturated rings. The van der Waals surface area contributed by atoms with E-state index in [1.807, 2.05) is 0 Å². The summed E-state index contributed by atoms with van der Waals surface area (Å²) < 4.78 is 0. The molecular formula is C10H17NS. The van der Waals surface area contributed by atoms with Crippen LogP contribution in [-0.2, 0) is 0 Å². The molecule has 1 rings (SSSR count). The number of terminal acetylenes is 1. The Hall–Kier alpha value is -0.130. The normalized spacial score (nSPS) is 25.2. The van der Waals surface area contributed by atoms with Crippen molar-refractivity contribution < 1.29 is 0 Å². The number of hydrogen-bond acceptors (Lipinski definition) is 2. The maximum absolute atomic E-state index is 5.33. The minimum absolute atomic E-state index is 0.549. The van der Waals surface area contributed by atoms with E-state index in [1.54, 1.807) is 0 Å². The first kappa shape index (κ1) is 9.95. The Labute approximate surface area is 79.7 Å². The van der Waals surface area contributed by atoms with Gasteiger partial charge in [0.25, 0.3) is 0 Å². The summed E-state index contributed by atoms with van der Waals surface area (Å²) in [4.78, 5) is 0. The van der Waals surface area contributed by atoms with Crippen LogP contribution < -0.4 is 5.32 Å². The second-order valence-electron chi connectivity index (χ2n) is 3.12. The Balaban J connectivity index is 2.35. The number of hydrogen-bond donors (Lipinski definition) is 1. The predicted molar refractivity (Wildman–Crippen MR) is 56.4 cm³/mol. The van der Waals surface area contributed by atoms with Crippen molar-refractivity contribution in [2.75, 3.05) is 12.3 Å². The molecule has 12 heavy (non-hydrogen) atoms. The zero-order valence-electron chi connectivity index (χ0n) is 7.68. The molecule has 0 aromatic rings. The van der Waals surface area contributed by atoms with Crippen LogP contribution in [-0.4, -0.2) is 23.6 Å². The zero-order valence-corrected chi connectivity index (χ0v) is 8.49. The van der Waals surface area contributed by atoms with Crippen LogP contribution in [0.1, 0.15) is 26.2 Å². The van der Waals surface area contributed by atoms with Crippen molar-refractivity contribution in [1.82, 2.24) is 5.32 Å². The van der Waals surface area contributed by atoms with Crippen LogP contribution in [0.2, 0.25) is 0 Å². The molecule has 2 heteroatoms. The lowest BCUT2D eigenvalue weighted by atomic mass is 10.1. The summed E-state index contributed by atoms with van der Waals surface area (Å²) in [6.07, 6.45) is 8.91. The largest absolute Gasteiger partial charge is 0.312 e. The van der Waals surface area contributed by atoms with Gasteiger partial charge in [-0.3, -0.25) is 0 Å². The van der Waals surface area contributed by atoms with Gasteiger partial charge in [-0.2, -0.15) is 11.8 Å². The third kappa shape index (κ3) is 2.73. The highest BCUT2D eigenvalue weighted by Gasteiger charge is 2.23. The van der Waals surface area contributed by atoms with Crippen LogP contribution in [0, 0.1) is 12.3 Å². The van der Waals surface area contributed by atoms with Crippen molar-refractivity contribution in [2.24, 2.45) is 0 Å². The number of rotatable bonds is 4. The Kier molecular flexibility index (Phi) is 4.57. The summed E-state index contributed by atoms with van der Waals surface area (Å²) in [6, 6.07) is 0.549. The van der Waals surface area contributed by atoms with Gasteiger partial charge in [-0.1, -0.05) is 6.92 Å². The third-order valence-corrected chi connectivity index (χ3v) is 3.73. The van der Waals surface area contributed by atoms with Crippen molar-refractivity contribution >= 4 is 11.8 Å². The molecule has 1 N–H and O–H groups in total. The fourth-order valence-electron chi connectivity index (χ4n) is 1.64. The van der Waals surface area contributed by atoms with Gasteiger partial charge in [-0.15, -0.1) is 12.3 Å². The molecule has 0 aromatic heterocycles. The quantitative estimate of drug-likeness (QED) is 0.668. The lowest BCUT2D eigenvalue weighted by Crippen LogP contribution is -2.36. The van der Waals surface area contributed by atoms with E-state index in [2.05, 4.69) is 29.9 Å². The van der Waals surface area contributed by atoms with E-state index in [9.17, 15) is 0 Å². The van der Waals surface area contributed by atoms with Gasteiger partial charge in [0.15, 0.2) is 0 Å². The molecule has 68 valence electrons. The van der Waals surface area contributed by atoms with Gasteiger partial charge in [0.1, 0.15) is 0 Å². The highest BCUT2D eigenvalue weighted by Crippen LogP contribution is 2.29. The van der Waals surface area contributed by atoms with Crippen LogP contribution in [0.25, 0.3) is 0 Å². The summed E-state index contributed by atoms with van der Waals surface area (Å²) >= 11 is 2.07. The van der Waals surface area contributed by atoms with Crippen LogP contribution in [0.15, 0.2) is 0 Å². The van der Waals surface area contributed by atoms with Crippen molar-refractivity contribution in [3.05, 3.63) is 0 Å². The van der Waals surface area contributed by atoms with Gasteiger partial charge in [0, 0.05) is 17.7 Å². The van der Waals surface area contributed by atoms with Gasteiger partial charge in [0.2, 0.25) is 0 Å². The minimum atomic E-state index is 0.549. The van der Waals surface area contributed by atoms with E-state index >= 15 is 0 Å². The maximum Gasteiger partial charge on any atom is 0.0295 e. The van der Waals surface area contributed by atoms with E-state index in [4.69, 9.17) is 6.42 Å². The molecule has 2 atom stereocenters. The minimum Gasteiger partial charge on any atom is -0.312 e. The first-order chi connectivity index (χ1) is 5.88. The number of nitrogens with one attached hydrogen (secondary N) is 1. The molecule has 1 nitrogen and oxygen atoms in total.